The average Bonchev–Trinajstić information content (AvgIpc) is 3.50. The summed E-state index contributed by atoms with van der Waals surface area (Å²) >= 11 is 0. The van der Waals surface area contributed by atoms with Gasteiger partial charge in [-0.05, 0) is 66.1 Å². The highest BCUT2D eigenvalue weighted by atomic mass is 16.7. The lowest BCUT2D eigenvalue weighted by molar-refractivity contribution is -0.116. The number of carbonyl (C=O) groups is 2. The van der Waals surface area contributed by atoms with Crippen LogP contribution in [0.3, 0.4) is 0 Å². The van der Waals surface area contributed by atoms with Crippen LogP contribution < -0.4 is 31.4 Å². The molecular weight excluding hydrogens is 548 g/mol. The van der Waals surface area contributed by atoms with Crippen LogP contribution in [0.2, 0.25) is 0 Å². The van der Waals surface area contributed by atoms with Gasteiger partial charge in [-0.3, -0.25) is 23.5 Å². The first-order valence-corrected chi connectivity index (χ1v) is 13.7. The number of nitrogens with one attached hydrogen (secondary N) is 2. The van der Waals surface area contributed by atoms with Crippen LogP contribution in [0.1, 0.15) is 27.0 Å². The summed E-state index contributed by atoms with van der Waals surface area (Å²) in [7, 11) is 0. The molecule has 0 fully saturated rings. The van der Waals surface area contributed by atoms with Crippen LogP contribution in [-0.4, -0.2) is 27.7 Å². The topological polar surface area (TPSA) is 121 Å². The van der Waals surface area contributed by atoms with Crippen LogP contribution in [0, 0.1) is 6.92 Å². The summed E-state index contributed by atoms with van der Waals surface area (Å²) in [6.07, 6.45) is 0. The number of amides is 2. The molecular formula is C33H28N4O6. The molecule has 0 spiro atoms. The van der Waals surface area contributed by atoms with E-state index in [0.717, 1.165) is 15.7 Å². The summed E-state index contributed by atoms with van der Waals surface area (Å²) in [5.41, 5.74) is 2.81. The molecule has 6 rings (SSSR count). The lowest BCUT2D eigenvalue weighted by atomic mass is 10.1. The number of rotatable bonds is 8. The standard InChI is InChI=1S/C33H28N4O6/c1-21-6-2-4-8-26(21)35-30(38)19-36-27-9-5-3-7-25(27)32(40)37(33(36)41)18-22-10-13-24(14-11-22)31(39)34-17-23-12-15-28-29(16-23)43-20-42-28/h2-16H,17-20H2,1H3,(H,34,39)(H,35,38). The number of benzene rings is 4. The average molecular weight is 577 g/mol. The molecule has 0 bridgehead atoms. The Labute approximate surface area is 246 Å². The Balaban J connectivity index is 1.20. The Bertz CT molecular complexity index is 1980. The monoisotopic (exact) mass is 576 g/mol. The molecule has 2 heterocycles. The van der Waals surface area contributed by atoms with Gasteiger partial charge in [0.25, 0.3) is 11.5 Å². The SMILES string of the molecule is Cc1ccccc1NC(=O)Cn1c(=O)n(Cc2ccc(C(=O)NCc3ccc4c(c3)OCO4)cc2)c(=O)c2ccccc21. The van der Waals surface area contributed by atoms with Gasteiger partial charge >= 0.3 is 5.69 Å². The first-order chi connectivity index (χ1) is 20.9. The molecule has 0 saturated heterocycles. The van der Waals surface area contributed by atoms with Gasteiger partial charge in [0, 0.05) is 17.8 Å². The third-order valence-electron chi connectivity index (χ3n) is 7.30. The minimum Gasteiger partial charge on any atom is -0.454 e. The van der Waals surface area contributed by atoms with Crippen molar-refractivity contribution in [3.05, 3.63) is 134 Å². The number of carbonyl (C=O) groups excluding carboxylic acids is 2. The Kier molecular flexibility index (Phi) is 7.48. The molecule has 0 radical (unpaired) electrons. The molecule has 216 valence electrons. The van der Waals surface area contributed by atoms with Crippen molar-refractivity contribution in [3.63, 3.8) is 0 Å². The largest absolute Gasteiger partial charge is 0.454 e. The van der Waals surface area contributed by atoms with Crippen molar-refractivity contribution < 1.29 is 19.1 Å². The summed E-state index contributed by atoms with van der Waals surface area (Å²) in [5.74, 6) is 0.663. The zero-order valence-electron chi connectivity index (χ0n) is 23.3. The second-order valence-electron chi connectivity index (χ2n) is 10.2. The van der Waals surface area contributed by atoms with Crippen molar-refractivity contribution in [2.45, 2.75) is 26.6 Å². The summed E-state index contributed by atoms with van der Waals surface area (Å²) in [4.78, 5) is 52.7. The Morgan fingerprint density at radius 2 is 1.53 bits per heavy atom. The number of nitrogens with zero attached hydrogens (tertiary/aromatic N) is 2. The van der Waals surface area contributed by atoms with Crippen molar-refractivity contribution in [1.29, 1.82) is 0 Å². The van der Waals surface area contributed by atoms with E-state index in [1.54, 1.807) is 60.7 Å². The van der Waals surface area contributed by atoms with Crippen molar-refractivity contribution in [1.82, 2.24) is 14.5 Å². The van der Waals surface area contributed by atoms with Crippen molar-refractivity contribution in [2.24, 2.45) is 0 Å². The molecule has 0 atom stereocenters. The molecule has 4 aromatic carbocycles. The fourth-order valence-corrected chi connectivity index (χ4v) is 4.99. The maximum atomic E-state index is 13.6. The molecule has 2 N–H and O–H groups in total. The Morgan fingerprint density at radius 1 is 0.814 bits per heavy atom. The number of para-hydroxylation sites is 2. The predicted molar refractivity (Wildman–Crippen MR) is 162 cm³/mol. The third-order valence-corrected chi connectivity index (χ3v) is 7.30. The Hall–Kier alpha value is -5.64. The van der Waals surface area contributed by atoms with Gasteiger partial charge in [0.05, 0.1) is 17.4 Å². The van der Waals surface area contributed by atoms with Crippen molar-refractivity contribution in [2.75, 3.05) is 12.1 Å². The normalized spacial score (nSPS) is 11.8. The lowest BCUT2D eigenvalue weighted by Crippen LogP contribution is -2.42. The van der Waals surface area contributed by atoms with E-state index in [2.05, 4.69) is 10.6 Å². The van der Waals surface area contributed by atoms with Crippen LogP contribution in [0.15, 0.2) is 101 Å². The minimum atomic E-state index is -0.603. The van der Waals surface area contributed by atoms with Gasteiger partial charge in [-0.25, -0.2) is 4.79 Å². The van der Waals surface area contributed by atoms with Crippen LogP contribution >= 0.6 is 0 Å². The van der Waals surface area contributed by atoms with Gasteiger partial charge in [-0.2, -0.15) is 0 Å². The van der Waals surface area contributed by atoms with Gasteiger partial charge in [-0.15, -0.1) is 0 Å². The number of fused-ring (bicyclic) bond motifs is 2. The summed E-state index contributed by atoms with van der Waals surface area (Å²) < 4.78 is 13.1. The van der Waals surface area contributed by atoms with E-state index in [1.165, 1.54) is 4.57 Å². The van der Waals surface area contributed by atoms with Crippen LogP contribution in [0.5, 0.6) is 11.5 Å². The molecule has 1 aliphatic heterocycles. The van der Waals surface area contributed by atoms with Gasteiger partial charge in [0.2, 0.25) is 12.7 Å². The first kappa shape index (κ1) is 27.5. The fraction of sp³-hybridized carbons (Fsp3) is 0.152. The third kappa shape index (κ3) is 5.76. The molecule has 0 aliphatic carbocycles. The minimum absolute atomic E-state index is 0.0268. The van der Waals surface area contributed by atoms with Gasteiger partial charge < -0.3 is 20.1 Å². The van der Waals surface area contributed by atoms with Crippen LogP contribution in [-0.2, 0) is 24.4 Å². The van der Waals surface area contributed by atoms with Gasteiger partial charge in [0.1, 0.15) is 6.54 Å². The number of anilines is 1. The Morgan fingerprint density at radius 3 is 2.35 bits per heavy atom. The van der Waals surface area contributed by atoms with E-state index in [1.807, 2.05) is 37.3 Å². The van der Waals surface area contributed by atoms with E-state index in [9.17, 15) is 19.2 Å². The second-order valence-corrected chi connectivity index (χ2v) is 10.2. The molecule has 5 aromatic rings. The van der Waals surface area contributed by atoms with Crippen molar-refractivity contribution in [3.8, 4) is 11.5 Å². The zero-order valence-corrected chi connectivity index (χ0v) is 23.3. The van der Waals surface area contributed by atoms with E-state index < -0.39 is 11.2 Å². The second kappa shape index (κ2) is 11.7. The zero-order chi connectivity index (χ0) is 29.9. The van der Waals surface area contributed by atoms with E-state index in [-0.39, 0.29) is 31.7 Å². The smallest absolute Gasteiger partial charge is 0.332 e. The molecule has 1 aromatic heterocycles. The lowest BCUT2D eigenvalue weighted by Gasteiger charge is -2.15. The maximum Gasteiger partial charge on any atom is 0.332 e. The number of aryl methyl sites for hydroxylation is 1. The fourth-order valence-electron chi connectivity index (χ4n) is 4.99. The van der Waals surface area contributed by atoms with E-state index >= 15 is 0 Å². The van der Waals surface area contributed by atoms with Gasteiger partial charge in [-0.1, -0.05) is 48.5 Å². The molecule has 10 heteroatoms. The van der Waals surface area contributed by atoms with Crippen LogP contribution in [0.4, 0.5) is 5.69 Å². The predicted octanol–water partition coefficient (Wildman–Crippen LogP) is 3.82. The molecule has 0 saturated carbocycles. The van der Waals surface area contributed by atoms with Crippen LogP contribution in [0.25, 0.3) is 10.9 Å². The summed E-state index contributed by atoms with van der Waals surface area (Å²) in [6.45, 7) is 2.07. The molecule has 1 aliphatic rings. The number of hydrogen-bond acceptors (Lipinski definition) is 6. The number of ether oxygens (including phenoxy) is 2. The number of aromatic nitrogens is 2. The summed E-state index contributed by atoms with van der Waals surface area (Å²) in [6, 6.07) is 26.3. The highest BCUT2D eigenvalue weighted by molar-refractivity contribution is 5.94. The highest BCUT2D eigenvalue weighted by Gasteiger charge is 2.17. The highest BCUT2D eigenvalue weighted by Crippen LogP contribution is 2.32. The van der Waals surface area contributed by atoms with Gasteiger partial charge in [0.15, 0.2) is 11.5 Å². The quantitative estimate of drug-likeness (QED) is 0.290. The number of hydrogen-bond donors (Lipinski definition) is 2. The summed E-state index contributed by atoms with van der Waals surface area (Å²) in [5, 5.41) is 6.05. The van der Waals surface area contributed by atoms with E-state index in [0.29, 0.717) is 45.8 Å². The first-order valence-electron chi connectivity index (χ1n) is 13.7. The molecule has 10 nitrogen and oxygen atoms in total. The van der Waals surface area contributed by atoms with E-state index in [4.69, 9.17) is 9.47 Å². The molecule has 2 amide bonds. The molecule has 0 unspecified atom stereocenters. The van der Waals surface area contributed by atoms with Crippen molar-refractivity contribution >= 4 is 28.4 Å². The maximum absolute atomic E-state index is 13.6. The molecule has 43 heavy (non-hydrogen) atoms.